The summed E-state index contributed by atoms with van der Waals surface area (Å²) in [6.45, 7) is -0.0734. The largest absolute Gasteiger partial charge is 0.484 e. The Kier molecular flexibility index (Phi) is 5.82. The summed E-state index contributed by atoms with van der Waals surface area (Å²) >= 11 is 0. The van der Waals surface area contributed by atoms with E-state index in [1.54, 1.807) is 6.20 Å². The Morgan fingerprint density at radius 1 is 1.12 bits per heavy atom. The van der Waals surface area contributed by atoms with Crippen molar-refractivity contribution in [2.24, 2.45) is 0 Å². The molecule has 0 spiro atoms. The molecule has 0 aliphatic heterocycles. The van der Waals surface area contributed by atoms with E-state index < -0.39 is 0 Å². The molecule has 1 fully saturated rings. The Balaban J connectivity index is 1.36. The minimum atomic E-state index is -0.332. The molecule has 3 rings (SSSR count). The first kappa shape index (κ1) is 17.2. The molecular weight excluding hydrogens is 323 g/mol. The Bertz CT molecular complexity index is 671. The third kappa shape index (κ3) is 5.45. The summed E-state index contributed by atoms with van der Waals surface area (Å²) < 4.78 is 24.0. The monoisotopic (exact) mass is 344 g/mol. The minimum Gasteiger partial charge on any atom is -0.484 e. The first-order valence-electron chi connectivity index (χ1n) is 8.44. The Morgan fingerprint density at radius 2 is 1.88 bits per heavy atom. The topological polar surface area (TPSA) is 60.5 Å². The zero-order valence-electron chi connectivity index (χ0n) is 13.9. The fraction of sp³-hybridized carbons (Fsp3) is 0.368. The third-order valence-corrected chi connectivity index (χ3v) is 4.15. The van der Waals surface area contributed by atoms with Crippen LogP contribution < -0.4 is 14.8 Å². The lowest BCUT2D eigenvalue weighted by atomic mass is 9.93. The Morgan fingerprint density at radius 3 is 2.56 bits per heavy atom. The number of hydrogen-bond donors (Lipinski definition) is 1. The summed E-state index contributed by atoms with van der Waals surface area (Å²) in [5, 5.41) is 2.98. The molecule has 132 valence electrons. The molecule has 5 nitrogen and oxygen atoms in total. The van der Waals surface area contributed by atoms with Crippen molar-refractivity contribution in [1.29, 1.82) is 0 Å². The molecule has 0 atom stereocenters. The van der Waals surface area contributed by atoms with Crippen molar-refractivity contribution in [3.63, 3.8) is 0 Å². The molecule has 0 bridgehead atoms. The highest BCUT2D eigenvalue weighted by Crippen LogP contribution is 2.22. The Hall–Kier alpha value is -2.63. The number of halogens is 1. The van der Waals surface area contributed by atoms with Crippen LogP contribution in [0.1, 0.15) is 25.7 Å². The van der Waals surface area contributed by atoms with E-state index in [2.05, 4.69) is 10.3 Å². The van der Waals surface area contributed by atoms with Gasteiger partial charge in [0.25, 0.3) is 5.91 Å². The number of carbonyl (C=O) groups excluding carboxylic acids is 1. The maximum atomic E-state index is 12.8. The highest BCUT2D eigenvalue weighted by atomic mass is 19.1. The smallest absolute Gasteiger partial charge is 0.258 e. The van der Waals surface area contributed by atoms with Crippen LogP contribution in [0.15, 0.2) is 48.7 Å². The van der Waals surface area contributed by atoms with Crippen LogP contribution in [0.25, 0.3) is 0 Å². The number of pyridine rings is 1. The van der Waals surface area contributed by atoms with E-state index in [0.29, 0.717) is 11.6 Å². The van der Waals surface area contributed by atoms with Gasteiger partial charge >= 0.3 is 0 Å². The summed E-state index contributed by atoms with van der Waals surface area (Å²) in [4.78, 5) is 16.1. The molecule has 1 aliphatic rings. The second kappa shape index (κ2) is 8.46. The molecule has 1 aromatic heterocycles. The predicted octanol–water partition coefficient (Wildman–Crippen LogP) is 3.11. The van der Waals surface area contributed by atoms with E-state index in [1.807, 2.05) is 18.2 Å². The highest BCUT2D eigenvalue weighted by Gasteiger charge is 2.23. The van der Waals surface area contributed by atoms with Crippen LogP contribution in [0.4, 0.5) is 4.39 Å². The van der Waals surface area contributed by atoms with Crippen molar-refractivity contribution in [2.75, 3.05) is 6.61 Å². The third-order valence-electron chi connectivity index (χ3n) is 4.15. The number of rotatable bonds is 6. The molecule has 25 heavy (non-hydrogen) atoms. The summed E-state index contributed by atoms with van der Waals surface area (Å²) in [6.07, 6.45) is 5.32. The molecule has 1 heterocycles. The van der Waals surface area contributed by atoms with Gasteiger partial charge in [-0.2, -0.15) is 0 Å². The second-order valence-corrected chi connectivity index (χ2v) is 6.07. The van der Waals surface area contributed by atoms with Gasteiger partial charge in [-0.3, -0.25) is 4.79 Å². The zero-order chi connectivity index (χ0) is 17.5. The number of hydrogen-bond acceptors (Lipinski definition) is 4. The van der Waals surface area contributed by atoms with Crippen molar-refractivity contribution in [3.05, 3.63) is 54.5 Å². The first-order chi connectivity index (χ1) is 12.2. The van der Waals surface area contributed by atoms with Gasteiger partial charge in [0.15, 0.2) is 6.61 Å². The molecule has 0 radical (unpaired) electrons. The lowest BCUT2D eigenvalue weighted by Gasteiger charge is -2.29. The summed E-state index contributed by atoms with van der Waals surface area (Å²) in [7, 11) is 0. The molecule has 1 aliphatic carbocycles. The SMILES string of the molecule is O=C(COc1ccc(F)cc1)NC1CCC(Oc2ccccn2)CC1. The zero-order valence-corrected chi connectivity index (χ0v) is 13.9. The molecular formula is C19H21FN2O3. The van der Waals surface area contributed by atoms with E-state index in [1.165, 1.54) is 24.3 Å². The summed E-state index contributed by atoms with van der Waals surface area (Å²) in [5.41, 5.74) is 0. The quantitative estimate of drug-likeness (QED) is 0.875. The number of nitrogens with one attached hydrogen (secondary N) is 1. The average molecular weight is 344 g/mol. The predicted molar refractivity (Wildman–Crippen MR) is 90.9 cm³/mol. The molecule has 1 aromatic carbocycles. The van der Waals surface area contributed by atoms with Crippen molar-refractivity contribution in [3.8, 4) is 11.6 Å². The van der Waals surface area contributed by atoms with Crippen LogP contribution in [0.5, 0.6) is 11.6 Å². The molecule has 1 saturated carbocycles. The van der Waals surface area contributed by atoms with E-state index >= 15 is 0 Å². The van der Waals surface area contributed by atoms with Gasteiger partial charge in [0.05, 0.1) is 0 Å². The standard InChI is InChI=1S/C19H21FN2O3/c20-14-4-8-16(9-5-14)24-13-18(23)22-15-6-10-17(11-7-15)25-19-3-1-2-12-21-19/h1-5,8-9,12,15,17H,6-7,10-11,13H2,(H,22,23). The lowest BCUT2D eigenvalue weighted by Crippen LogP contribution is -2.41. The van der Waals surface area contributed by atoms with Gasteiger partial charge in [0.2, 0.25) is 5.88 Å². The number of aromatic nitrogens is 1. The van der Waals surface area contributed by atoms with Crippen molar-refractivity contribution < 1.29 is 18.7 Å². The number of nitrogens with zero attached hydrogens (tertiary/aromatic N) is 1. The van der Waals surface area contributed by atoms with Crippen LogP contribution in [-0.4, -0.2) is 29.6 Å². The van der Waals surface area contributed by atoms with Gasteiger partial charge in [-0.05, 0) is 56.0 Å². The van der Waals surface area contributed by atoms with Crippen LogP contribution in [0, 0.1) is 5.82 Å². The summed E-state index contributed by atoms with van der Waals surface area (Å²) in [5.74, 6) is 0.617. The fourth-order valence-corrected chi connectivity index (χ4v) is 2.86. The molecule has 1 N–H and O–H groups in total. The van der Waals surface area contributed by atoms with Crippen molar-refractivity contribution in [1.82, 2.24) is 10.3 Å². The van der Waals surface area contributed by atoms with Crippen molar-refractivity contribution >= 4 is 5.91 Å². The molecule has 6 heteroatoms. The van der Waals surface area contributed by atoms with Crippen LogP contribution in [-0.2, 0) is 4.79 Å². The number of ether oxygens (including phenoxy) is 2. The second-order valence-electron chi connectivity index (χ2n) is 6.07. The van der Waals surface area contributed by atoms with Gasteiger partial charge in [-0.1, -0.05) is 6.07 Å². The molecule has 1 amide bonds. The Labute approximate surface area is 146 Å². The number of amides is 1. The van der Waals surface area contributed by atoms with Crippen LogP contribution >= 0.6 is 0 Å². The van der Waals surface area contributed by atoms with Gasteiger partial charge < -0.3 is 14.8 Å². The maximum Gasteiger partial charge on any atom is 0.258 e. The van der Waals surface area contributed by atoms with Gasteiger partial charge in [0.1, 0.15) is 17.7 Å². The first-order valence-corrected chi connectivity index (χ1v) is 8.44. The fourth-order valence-electron chi connectivity index (χ4n) is 2.86. The highest BCUT2D eigenvalue weighted by molar-refractivity contribution is 5.77. The lowest BCUT2D eigenvalue weighted by molar-refractivity contribution is -0.124. The minimum absolute atomic E-state index is 0.0734. The van der Waals surface area contributed by atoms with Crippen LogP contribution in [0.3, 0.4) is 0 Å². The molecule has 0 saturated heterocycles. The van der Waals surface area contributed by atoms with Crippen molar-refractivity contribution in [2.45, 2.75) is 37.8 Å². The van der Waals surface area contributed by atoms with Gasteiger partial charge in [0, 0.05) is 18.3 Å². The van der Waals surface area contributed by atoms with E-state index in [0.717, 1.165) is 25.7 Å². The van der Waals surface area contributed by atoms with Gasteiger partial charge in [-0.25, -0.2) is 9.37 Å². The average Bonchev–Trinajstić information content (AvgIpc) is 2.64. The number of benzene rings is 1. The van der Waals surface area contributed by atoms with Gasteiger partial charge in [-0.15, -0.1) is 0 Å². The van der Waals surface area contributed by atoms with Crippen LogP contribution in [0.2, 0.25) is 0 Å². The molecule has 2 aromatic rings. The van der Waals surface area contributed by atoms with E-state index in [-0.39, 0.29) is 30.5 Å². The molecule has 0 unspecified atom stereocenters. The maximum absolute atomic E-state index is 12.8. The van der Waals surface area contributed by atoms with E-state index in [9.17, 15) is 9.18 Å². The summed E-state index contributed by atoms with van der Waals surface area (Å²) in [6, 6.07) is 11.3. The normalized spacial score (nSPS) is 19.9. The van der Waals surface area contributed by atoms with E-state index in [4.69, 9.17) is 9.47 Å². The number of carbonyl (C=O) groups is 1.